The average molecular weight is 297 g/mol. The molecule has 0 fully saturated rings. The quantitative estimate of drug-likeness (QED) is 0.650. The number of aliphatic carboxylic acids is 1. The summed E-state index contributed by atoms with van der Waals surface area (Å²) in [6.45, 7) is 6.41. The van der Waals surface area contributed by atoms with Crippen molar-refractivity contribution in [1.29, 1.82) is 0 Å². The van der Waals surface area contributed by atoms with Gasteiger partial charge in [0.25, 0.3) is 0 Å². The molecule has 1 aromatic heterocycles. The van der Waals surface area contributed by atoms with E-state index in [-0.39, 0.29) is 36.9 Å². The summed E-state index contributed by atoms with van der Waals surface area (Å²) < 4.78 is 1.21. The van der Waals surface area contributed by atoms with E-state index in [1.807, 2.05) is 0 Å². The minimum atomic E-state index is -0.996. The second-order valence-electron chi connectivity index (χ2n) is 6.22. The maximum Gasteiger partial charge on any atom is 0.325 e. The Hall–Kier alpha value is -1.96. The van der Waals surface area contributed by atoms with Gasteiger partial charge in [-0.2, -0.15) is 0 Å². The number of carboxylic acids is 1. The summed E-state index contributed by atoms with van der Waals surface area (Å²) in [7, 11) is 0. The van der Waals surface area contributed by atoms with Gasteiger partial charge in [0, 0.05) is 6.54 Å². The zero-order chi connectivity index (χ0) is 16.0. The van der Waals surface area contributed by atoms with Gasteiger partial charge in [-0.15, -0.1) is 5.10 Å². The summed E-state index contributed by atoms with van der Waals surface area (Å²) in [6, 6.07) is 0. The molecule has 118 valence electrons. The maximum atomic E-state index is 12.1. The molecule has 0 saturated carbocycles. The van der Waals surface area contributed by atoms with Crippen molar-refractivity contribution >= 4 is 11.9 Å². The van der Waals surface area contributed by atoms with Crippen molar-refractivity contribution in [1.82, 2.24) is 20.3 Å². The van der Waals surface area contributed by atoms with Crippen molar-refractivity contribution in [3.63, 3.8) is 0 Å². The fourth-order valence-corrected chi connectivity index (χ4v) is 1.98. The third-order valence-electron chi connectivity index (χ3n) is 2.84. The topological polar surface area (TPSA) is 123 Å². The first kappa shape index (κ1) is 17.1. The number of nitrogens with one attached hydrogen (secondary N) is 1. The third-order valence-corrected chi connectivity index (χ3v) is 2.84. The van der Waals surface area contributed by atoms with E-state index in [2.05, 4.69) is 36.4 Å². The third kappa shape index (κ3) is 6.35. The van der Waals surface area contributed by atoms with Crippen LogP contribution >= 0.6 is 0 Å². The van der Waals surface area contributed by atoms with Crippen LogP contribution in [0.2, 0.25) is 0 Å². The highest BCUT2D eigenvalue weighted by molar-refractivity contribution is 5.78. The number of carboxylic acid groups (broad SMARTS) is 1. The van der Waals surface area contributed by atoms with Gasteiger partial charge in [-0.3, -0.25) is 9.59 Å². The van der Waals surface area contributed by atoms with Crippen molar-refractivity contribution in [2.75, 3.05) is 6.54 Å². The molecule has 0 aliphatic heterocycles. The Balaban J connectivity index is 2.51. The average Bonchev–Trinajstić information content (AvgIpc) is 2.78. The van der Waals surface area contributed by atoms with Crippen molar-refractivity contribution < 1.29 is 14.7 Å². The molecule has 1 heterocycles. The molecule has 1 atom stereocenters. The summed E-state index contributed by atoms with van der Waals surface area (Å²) in [5.74, 6) is -1.37. The second-order valence-corrected chi connectivity index (χ2v) is 6.22. The maximum absolute atomic E-state index is 12.1. The Morgan fingerprint density at radius 2 is 2.14 bits per heavy atom. The second kappa shape index (κ2) is 7.16. The number of amides is 1. The van der Waals surface area contributed by atoms with E-state index in [4.69, 9.17) is 10.8 Å². The van der Waals surface area contributed by atoms with Crippen molar-refractivity contribution in [2.45, 2.75) is 40.3 Å². The van der Waals surface area contributed by atoms with Crippen LogP contribution in [0.1, 0.15) is 32.9 Å². The molecule has 0 aliphatic rings. The van der Waals surface area contributed by atoms with Gasteiger partial charge in [0.1, 0.15) is 12.2 Å². The van der Waals surface area contributed by atoms with Gasteiger partial charge >= 0.3 is 5.97 Å². The highest BCUT2D eigenvalue weighted by Crippen LogP contribution is 2.23. The number of rotatable bonds is 7. The molecule has 0 bridgehead atoms. The number of carbonyl (C=O) groups is 2. The first-order valence-corrected chi connectivity index (χ1v) is 6.80. The number of carbonyl (C=O) groups excluding carboxylic acids is 1. The smallest absolute Gasteiger partial charge is 0.325 e. The number of aromatic nitrogens is 3. The monoisotopic (exact) mass is 297 g/mol. The van der Waals surface area contributed by atoms with Crippen LogP contribution in [-0.4, -0.2) is 38.5 Å². The van der Waals surface area contributed by atoms with Gasteiger partial charge in [0.2, 0.25) is 5.91 Å². The minimum Gasteiger partial charge on any atom is -0.480 e. The highest BCUT2D eigenvalue weighted by atomic mass is 16.4. The first-order valence-electron chi connectivity index (χ1n) is 6.80. The lowest BCUT2D eigenvalue weighted by molar-refractivity contribution is -0.138. The molecule has 21 heavy (non-hydrogen) atoms. The van der Waals surface area contributed by atoms with Crippen molar-refractivity contribution in [2.24, 2.45) is 17.1 Å². The molecule has 4 N–H and O–H groups in total. The largest absolute Gasteiger partial charge is 0.480 e. The van der Waals surface area contributed by atoms with Crippen LogP contribution in [0.15, 0.2) is 6.20 Å². The zero-order valence-corrected chi connectivity index (χ0v) is 12.7. The predicted molar refractivity (Wildman–Crippen MR) is 76.1 cm³/mol. The van der Waals surface area contributed by atoms with E-state index in [1.54, 1.807) is 0 Å². The molecular formula is C13H23N5O3. The standard InChI is InChI=1S/C13H23N5O3/c1-13(2,3)4-9(5-14)12(21)15-6-10-7-18(17-16-10)8-11(19)20/h7,9H,4-6,8,14H2,1-3H3,(H,15,21)(H,19,20). The van der Waals surface area contributed by atoms with Gasteiger partial charge < -0.3 is 16.2 Å². The molecule has 0 saturated heterocycles. The van der Waals surface area contributed by atoms with E-state index in [0.717, 1.165) is 0 Å². The Morgan fingerprint density at radius 1 is 1.48 bits per heavy atom. The number of hydrogen-bond acceptors (Lipinski definition) is 5. The van der Waals surface area contributed by atoms with Crippen LogP contribution in [-0.2, 0) is 22.7 Å². The molecule has 0 aliphatic carbocycles. The van der Waals surface area contributed by atoms with E-state index in [1.165, 1.54) is 10.9 Å². The summed E-state index contributed by atoms with van der Waals surface area (Å²) in [5.41, 5.74) is 6.18. The summed E-state index contributed by atoms with van der Waals surface area (Å²) in [6.07, 6.45) is 2.19. The molecule has 1 unspecified atom stereocenters. The number of hydrogen-bond donors (Lipinski definition) is 3. The van der Waals surface area contributed by atoms with E-state index < -0.39 is 5.97 Å². The molecule has 8 heteroatoms. The van der Waals surface area contributed by atoms with E-state index in [0.29, 0.717) is 12.1 Å². The lowest BCUT2D eigenvalue weighted by Crippen LogP contribution is -2.36. The van der Waals surface area contributed by atoms with Crippen LogP contribution in [0.5, 0.6) is 0 Å². The molecule has 1 amide bonds. The Labute approximate surface area is 123 Å². The Bertz CT molecular complexity index is 492. The normalized spacial score (nSPS) is 13.0. The number of nitrogens with two attached hydrogens (primary N) is 1. The van der Waals surface area contributed by atoms with Gasteiger partial charge in [-0.25, -0.2) is 4.68 Å². The molecule has 1 aromatic rings. The summed E-state index contributed by atoms with van der Waals surface area (Å²) >= 11 is 0. The van der Waals surface area contributed by atoms with Crippen LogP contribution < -0.4 is 11.1 Å². The summed E-state index contributed by atoms with van der Waals surface area (Å²) in [5, 5.41) is 18.9. The highest BCUT2D eigenvalue weighted by Gasteiger charge is 2.23. The van der Waals surface area contributed by atoms with E-state index in [9.17, 15) is 9.59 Å². The molecule has 0 spiro atoms. The Kier molecular flexibility index (Phi) is 5.83. The van der Waals surface area contributed by atoms with Crippen LogP contribution in [0.3, 0.4) is 0 Å². The molecule has 0 radical (unpaired) electrons. The fourth-order valence-electron chi connectivity index (χ4n) is 1.98. The van der Waals surface area contributed by atoms with Gasteiger partial charge in [-0.1, -0.05) is 26.0 Å². The van der Waals surface area contributed by atoms with Crippen molar-refractivity contribution in [3.8, 4) is 0 Å². The lowest BCUT2D eigenvalue weighted by atomic mass is 9.84. The molecular weight excluding hydrogens is 274 g/mol. The molecule has 0 aromatic carbocycles. The predicted octanol–water partition coefficient (Wildman–Crippen LogP) is -0.01000. The zero-order valence-electron chi connectivity index (χ0n) is 12.7. The van der Waals surface area contributed by atoms with Gasteiger partial charge in [-0.05, 0) is 11.8 Å². The van der Waals surface area contributed by atoms with Crippen molar-refractivity contribution in [3.05, 3.63) is 11.9 Å². The van der Waals surface area contributed by atoms with E-state index >= 15 is 0 Å². The molecule has 8 nitrogen and oxygen atoms in total. The van der Waals surface area contributed by atoms with Crippen LogP contribution in [0, 0.1) is 11.3 Å². The van der Waals surface area contributed by atoms with Crippen LogP contribution in [0.25, 0.3) is 0 Å². The minimum absolute atomic E-state index is 0.0198. The number of nitrogens with zero attached hydrogens (tertiary/aromatic N) is 3. The van der Waals surface area contributed by atoms with Gasteiger partial charge in [0.15, 0.2) is 0 Å². The summed E-state index contributed by atoms with van der Waals surface area (Å²) in [4.78, 5) is 22.6. The lowest BCUT2D eigenvalue weighted by Gasteiger charge is -2.24. The molecule has 1 rings (SSSR count). The fraction of sp³-hybridized carbons (Fsp3) is 0.692. The Morgan fingerprint density at radius 3 is 2.67 bits per heavy atom. The first-order chi connectivity index (χ1) is 9.71. The van der Waals surface area contributed by atoms with Crippen LogP contribution in [0.4, 0.5) is 0 Å². The van der Waals surface area contributed by atoms with Gasteiger partial charge in [0.05, 0.1) is 18.7 Å². The SMILES string of the molecule is CC(C)(C)CC(CN)C(=O)NCc1cn(CC(=O)O)nn1.